The molecule has 0 saturated carbocycles. The number of halogens is 1. The Morgan fingerprint density at radius 1 is 1.03 bits per heavy atom. The molecule has 0 spiro atoms. The number of amides is 2. The highest BCUT2D eigenvalue weighted by Gasteiger charge is 2.38. The highest BCUT2D eigenvalue weighted by Crippen LogP contribution is 2.31. The molecule has 2 aliphatic rings. The first-order valence-corrected chi connectivity index (χ1v) is 12.7. The third-order valence-electron chi connectivity index (χ3n) is 7.24. The molecule has 2 fully saturated rings. The van der Waals surface area contributed by atoms with E-state index in [1.165, 1.54) is 5.56 Å². The summed E-state index contributed by atoms with van der Waals surface area (Å²) in [5.41, 5.74) is 1.87. The number of nitrogens with one attached hydrogen (secondary N) is 1. The predicted octanol–water partition coefficient (Wildman–Crippen LogP) is 4.75. The topological polar surface area (TPSA) is 66.5 Å². The molecule has 0 aromatic heterocycles. The molecule has 2 heterocycles. The monoisotopic (exact) mass is 480 g/mol. The molecule has 2 aromatic rings. The summed E-state index contributed by atoms with van der Waals surface area (Å²) in [5, 5.41) is 3.83. The molecule has 2 aromatic carbocycles. The number of hydrogen-bond donors (Lipinski definition) is 1. The Hall–Kier alpha value is -2.66. The number of carbonyl (C=O) groups is 3. The second kappa shape index (κ2) is 11.2. The lowest BCUT2D eigenvalue weighted by Gasteiger charge is -2.34. The highest BCUT2D eigenvalue weighted by molar-refractivity contribution is 6.30. The molecule has 0 aliphatic carbocycles. The van der Waals surface area contributed by atoms with Gasteiger partial charge in [-0.2, -0.15) is 0 Å². The summed E-state index contributed by atoms with van der Waals surface area (Å²) in [6.07, 6.45) is 5.86. The number of rotatable bonds is 9. The number of Topliss-reactive ketones (excluding diaryl/α,β-unsaturated/α-hetero) is 1. The van der Waals surface area contributed by atoms with Gasteiger partial charge < -0.3 is 10.2 Å². The normalized spacial score (nSPS) is 22.4. The van der Waals surface area contributed by atoms with Gasteiger partial charge in [-0.15, -0.1) is 0 Å². The SMILES string of the molecule is O=C1CCC(CCC(=O)N2CCCC(C(=O)CCc3ccccc3)C2)(Cc2ccc(Cl)cc2)N1. The second-order valence-electron chi connectivity index (χ2n) is 9.76. The fourth-order valence-electron chi connectivity index (χ4n) is 5.26. The van der Waals surface area contributed by atoms with Gasteiger partial charge in [0.25, 0.3) is 0 Å². The number of likely N-dealkylation sites (tertiary alicyclic amines) is 1. The molecule has 2 unspecified atom stereocenters. The van der Waals surface area contributed by atoms with Gasteiger partial charge in [0, 0.05) is 48.8 Å². The molecule has 0 bridgehead atoms. The van der Waals surface area contributed by atoms with Crippen LogP contribution >= 0.6 is 11.6 Å². The molecule has 2 atom stereocenters. The van der Waals surface area contributed by atoms with Crippen molar-refractivity contribution in [2.24, 2.45) is 5.92 Å². The van der Waals surface area contributed by atoms with Crippen molar-refractivity contribution in [1.29, 1.82) is 0 Å². The van der Waals surface area contributed by atoms with Crippen molar-refractivity contribution in [2.75, 3.05) is 13.1 Å². The first-order valence-electron chi connectivity index (χ1n) is 12.3. The first-order chi connectivity index (χ1) is 16.4. The van der Waals surface area contributed by atoms with E-state index in [0.29, 0.717) is 50.2 Å². The summed E-state index contributed by atoms with van der Waals surface area (Å²) in [7, 11) is 0. The average molecular weight is 481 g/mol. The van der Waals surface area contributed by atoms with Crippen LogP contribution in [0.15, 0.2) is 54.6 Å². The predicted molar refractivity (Wildman–Crippen MR) is 134 cm³/mol. The minimum Gasteiger partial charge on any atom is -0.350 e. The van der Waals surface area contributed by atoms with Gasteiger partial charge >= 0.3 is 0 Å². The van der Waals surface area contributed by atoms with Gasteiger partial charge in [0.1, 0.15) is 5.78 Å². The summed E-state index contributed by atoms with van der Waals surface area (Å²) >= 11 is 6.02. The second-order valence-corrected chi connectivity index (χ2v) is 10.2. The van der Waals surface area contributed by atoms with Crippen molar-refractivity contribution in [3.05, 3.63) is 70.7 Å². The number of hydrogen-bond acceptors (Lipinski definition) is 3. The van der Waals surface area contributed by atoms with Crippen LogP contribution in [0.25, 0.3) is 0 Å². The number of ketones is 1. The molecule has 2 amide bonds. The van der Waals surface area contributed by atoms with Crippen LogP contribution in [0.2, 0.25) is 5.02 Å². The number of aryl methyl sites for hydroxylation is 1. The summed E-state index contributed by atoms with van der Waals surface area (Å²) in [6, 6.07) is 17.7. The lowest BCUT2D eigenvalue weighted by Crippen LogP contribution is -2.46. The van der Waals surface area contributed by atoms with Crippen molar-refractivity contribution in [2.45, 2.75) is 63.3 Å². The maximum Gasteiger partial charge on any atom is 0.222 e. The van der Waals surface area contributed by atoms with Crippen LogP contribution in [0, 0.1) is 5.92 Å². The molecule has 2 aliphatic heterocycles. The molecule has 5 nitrogen and oxygen atoms in total. The van der Waals surface area contributed by atoms with E-state index in [9.17, 15) is 14.4 Å². The molecule has 0 radical (unpaired) electrons. The molecule has 4 rings (SSSR count). The van der Waals surface area contributed by atoms with E-state index in [1.807, 2.05) is 59.5 Å². The molecular weight excluding hydrogens is 448 g/mol. The van der Waals surface area contributed by atoms with Crippen LogP contribution in [-0.2, 0) is 27.2 Å². The zero-order chi connectivity index (χ0) is 24.0. The summed E-state index contributed by atoms with van der Waals surface area (Å²) < 4.78 is 0. The Kier molecular flexibility index (Phi) is 8.04. The maximum absolute atomic E-state index is 13.1. The van der Waals surface area contributed by atoms with Crippen LogP contribution in [0.5, 0.6) is 0 Å². The summed E-state index contributed by atoms with van der Waals surface area (Å²) in [6.45, 7) is 1.22. The van der Waals surface area contributed by atoms with Gasteiger partial charge in [-0.25, -0.2) is 0 Å². The van der Waals surface area contributed by atoms with Gasteiger partial charge in [0.05, 0.1) is 0 Å². The zero-order valence-corrected chi connectivity index (χ0v) is 20.4. The van der Waals surface area contributed by atoms with Crippen LogP contribution in [0.1, 0.15) is 56.1 Å². The lowest BCUT2D eigenvalue weighted by atomic mass is 9.84. The first kappa shape index (κ1) is 24.5. The van der Waals surface area contributed by atoms with Crippen LogP contribution in [-0.4, -0.2) is 41.1 Å². The van der Waals surface area contributed by atoms with Crippen LogP contribution < -0.4 is 5.32 Å². The summed E-state index contributed by atoms with van der Waals surface area (Å²) in [5.74, 6) is 0.305. The van der Waals surface area contributed by atoms with E-state index in [-0.39, 0.29) is 23.5 Å². The third-order valence-corrected chi connectivity index (χ3v) is 7.49. The Bertz CT molecular complexity index is 1010. The van der Waals surface area contributed by atoms with E-state index in [2.05, 4.69) is 5.32 Å². The standard InChI is InChI=1S/C28H33ClN2O3/c29-24-11-8-22(9-12-24)19-28(16-14-26(33)30-28)17-15-27(34)31-18-4-7-23(20-31)25(32)13-10-21-5-2-1-3-6-21/h1-3,5-6,8-9,11-12,23H,4,7,10,13-20H2,(H,30,33). The van der Waals surface area contributed by atoms with Crippen molar-refractivity contribution < 1.29 is 14.4 Å². The van der Waals surface area contributed by atoms with E-state index in [0.717, 1.165) is 31.2 Å². The molecule has 2 saturated heterocycles. The van der Waals surface area contributed by atoms with Crippen LogP contribution in [0.3, 0.4) is 0 Å². The van der Waals surface area contributed by atoms with Crippen molar-refractivity contribution in [1.82, 2.24) is 10.2 Å². The Morgan fingerprint density at radius 3 is 2.50 bits per heavy atom. The van der Waals surface area contributed by atoms with Gasteiger partial charge in [-0.05, 0) is 61.8 Å². The quantitative estimate of drug-likeness (QED) is 0.563. The van der Waals surface area contributed by atoms with Crippen molar-refractivity contribution in [3.8, 4) is 0 Å². The minimum absolute atomic E-state index is 0.0449. The fourth-order valence-corrected chi connectivity index (χ4v) is 5.39. The smallest absolute Gasteiger partial charge is 0.222 e. The third kappa shape index (κ3) is 6.47. The van der Waals surface area contributed by atoms with Gasteiger partial charge in [-0.3, -0.25) is 14.4 Å². The number of benzene rings is 2. The number of nitrogens with zero attached hydrogens (tertiary/aromatic N) is 1. The highest BCUT2D eigenvalue weighted by atomic mass is 35.5. The molecule has 6 heteroatoms. The molecule has 34 heavy (non-hydrogen) atoms. The lowest BCUT2D eigenvalue weighted by molar-refractivity contribution is -0.135. The van der Waals surface area contributed by atoms with Gasteiger partial charge in [-0.1, -0.05) is 54.1 Å². The molecular formula is C28H33ClN2O3. The fraction of sp³-hybridized carbons (Fsp3) is 0.464. The van der Waals surface area contributed by atoms with E-state index < -0.39 is 5.54 Å². The Balaban J connectivity index is 1.31. The summed E-state index contributed by atoms with van der Waals surface area (Å²) in [4.78, 5) is 39.9. The van der Waals surface area contributed by atoms with Crippen LogP contribution in [0.4, 0.5) is 0 Å². The Morgan fingerprint density at radius 2 is 1.79 bits per heavy atom. The van der Waals surface area contributed by atoms with Gasteiger partial charge in [0.2, 0.25) is 11.8 Å². The van der Waals surface area contributed by atoms with E-state index in [4.69, 9.17) is 11.6 Å². The zero-order valence-electron chi connectivity index (χ0n) is 19.6. The van der Waals surface area contributed by atoms with Gasteiger partial charge in [0.15, 0.2) is 0 Å². The number of carbonyl (C=O) groups excluding carboxylic acids is 3. The van der Waals surface area contributed by atoms with E-state index in [1.54, 1.807) is 0 Å². The number of piperidine rings is 1. The van der Waals surface area contributed by atoms with Crippen molar-refractivity contribution >= 4 is 29.2 Å². The Labute approximate surface area is 206 Å². The van der Waals surface area contributed by atoms with Crippen molar-refractivity contribution in [3.63, 3.8) is 0 Å². The van der Waals surface area contributed by atoms with E-state index >= 15 is 0 Å². The largest absolute Gasteiger partial charge is 0.350 e. The average Bonchev–Trinajstić information content (AvgIpc) is 3.23. The molecule has 180 valence electrons. The minimum atomic E-state index is -0.402. The maximum atomic E-state index is 13.1. The molecule has 1 N–H and O–H groups in total.